The molecule has 8 nitrogen and oxygen atoms in total. The maximum absolute atomic E-state index is 12.6. The highest BCUT2D eigenvalue weighted by molar-refractivity contribution is 5.91. The van der Waals surface area contributed by atoms with E-state index >= 15 is 0 Å². The molecular weight excluding hydrogens is 348 g/mol. The molecule has 1 N–H and O–H groups in total. The number of amides is 2. The monoisotopic (exact) mass is 372 g/mol. The van der Waals surface area contributed by atoms with Crippen LogP contribution in [-0.4, -0.2) is 48.4 Å². The van der Waals surface area contributed by atoms with Crippen molar-refractivity contribution in [1.29, 1.82) is 0 Å². The molecule has 0 unspecified atom stereocenters. The molecule has 1 aromatic carbocycles. The average Bonchev–Trinajstić information content (AvgIpc) is 3.44. The lowest BCUT2D eigenvalue weighted by molar-refractivity contribution is 0.189. The topological polar surface area (TPSA) is 89.7 Å². The second-order valence-electron chi connectivity index (χ2n) is 6.99. The number of benzene rings is 1. The van der Waals surface area contributed by atoms with E-state index in [9.17, 15) is 4.79 Å². The van der Waals surface area contributed by atoms with E-state index in [4.69, 9.17) is 13.9 Å². The van der Waals surface area contributed by atoms with Crippen molar-refractivity contribution in [2.45, 2.75) is 37.5 Å². The van der Waals surface area contributed by atoms with Gasteiger partial charge in [0.15, 0.2) is 11.5 Å². The molecule has 2 aromatic rings. The number of urea groups is 1. The SMILES string of the molecule is COc1cccc(NC(=O)N2CCC(c3nnc(C4CC4)o3)CC2)c1OC. The number of aromatic nitrogens is 2. The number of likely N-dealkylation sites (tertiary alicyclic amines) is 1. The molecule has 144 valence electrons. The number of carbonyl (C=O) groups is 1. The van der Waals surface area contributed by atoms with Gasteiger partial charge in [-0.15, -0.1) is 10.2 Å². The molecule has 0 spiro atoms. The fourth-order valence-electron chi connectivity index (χ4n) is 3.42. The van der Waals surface area contributed by atoms with Gasteiger partial charge in [0.2, 0.25) is 11.8 Å². The van der Waals surface area contributed by atoms with Gasteiger partial charge in [-0.3, -0.25) is 0 Å². The lowest BCUT2D eigenvalue weighted by Crippen LogP contribution is -2.40. The van der Waals surface area contributed by atoms with Crippen molar-refractivity contribution in [2.24, 2.45) is 0 Å². The Bertz CT molecular complexity index is 810. The molecule has 1 aliphatic carbocycles. The summed E-state index contributed by atoms with van der Waals surface area (Å²) in [6.45, 7) is 1.29. The molecule has 0 radical (unpaired) electrons. The van der Waals surface area contributed by atoms with Crippen molar-refractivity contribution in [3.63, 3.8) is 0 Å². The van der Waals surface area contributed by atoms with Crippen LogP contribution in [0.2, 0.25) is 0 Å². The third-order valence-electron chi connectivity index (χ3n) is 5.16. The number of ether oxygens (including phenoxy) is 2. The zero-order chi connectivity index (χ0) is 18.8. The zero-order valence-electron chi connectivity index (χ0n) is 15.6. The van der Waals surface area contributed by atoms with Gasteiger partial charge in [-0.05, 0) is 37.8 Å². The van der Waals surface area contributed by atoms with E-state index in [-0.39, 0.29) is 11.9 Å². The number of anilines is 1. The molecule has 2 aliphatic rings. The Labute approximate surface area is 157 Å². The Morgan fingerprint density at radius 2 is 1.74 bits per heavy atom. The summed E-state index contributed by atoms with van der Waals surface area (Å²) in [5, 5.41) is 11.3. The van der Waals surface area contributed by atoms with Gasteiger partial charge in [0.25, 0.3) is 0 Å². The number of methoxy groups -OCH3 is 2. The number of nitrogens with zero attached hydrogens (tertiary/aromatic N) is 3. The third-order valence-corrected chi connectivity index (χ3v) is 5.16. The first-order chi connectivity index (χ1) is 13.2. The van der Waals surface area contributed by atoms with Gasteiger partial charge < -0.3 is 24.1 Å². The number of carbonyl (C=O) groups excluding carboxylic acids is 1. The van der Waals surface area contributed by atoms with E-state index in [1.54, 1.807) is 31.3 Å². The quantitative estimate of drug-likeness (QED) is 0.865. The van der Waals surface area contributed by atoms with Crippen LogP contribution in [0.4, 0.5) is 10.5 Å². The summed E-state index contributed by atoms with van der Waals surface area (Å²) in [5.41, 5.74) is 0.593. The number of para-hydroxylation sites is 1. The molecule has 2 fully saturated rings. The summed E-state index contributed by atoms with van der Waals surface area (Å²) in [5.74, 6) is 3.27. The second kappa shape index (κ2) is 7.46. The molecule has 0 atom stereocenters. The fraction of sp³-hybridized carbons (Fsp3) is 0.526. The highest BCUT2D eigenvalue weighted by Crippen LogP contribution is 2.40. The molecule has 2 amide bonds. The third kappa shape index (κ3) is 3.70. The minimum atomic E-state index is -0.149. The fourth-order valence-corrected chi connectivity index (χ4v) is 3.42. The van der Waals surface area contributed by atoms with E-state index < -0.39 is 0 Å². The molecule has 27 heavy (non-hydrogen) atoms. The normalized spacial score (nSPS) is 17.6. The lowest BCUT2D eigenvalue weighted by Gasteiger charge is -2.30. The molecule has 1 saturated carbocycles. The van der Waals surface area contributed by atoms with Crippen molar-refractivity contribution in [3.05, 3.63) is 30.0 Å². The average molecular weight is 372 g/mol. The van der Waals surface area contributed by atoms with E-state index in [1.807, 2.05) is 6.07 Å². The van der Waals surface area contributed by atoms with Gasteiger partial charge in [-0.1, -0.05) is 6.07 Å². The Kier molecular flexibility index (Phi) is 4.87. The van der Waals surface area contributed by atoms with Crippen LogP contribution >= 0.6 is 0 Å². The summed E-state index contributed by atoms with van der Waals surface area (Å²) in [6, 6.07) is 5.25. The highest BCUT2D eigenvalue weighted by atomic mass is 16.5. The van der Waals surface area contributed by atoms with Gasteiger partial charge in [0.05, 0.1) is 19.9 Å². The van der Waals surface area contributed by atoms with Gasteiger partial charge >= 0.3 is 6.03 Å². The van der Waals surface area contributed by atoms with Crippen molar-refractivity contribution in [2.75, 3.05) is 32.6 Å². The number of nitrogens with one attached hydrogen (secondary N) is 1. The summed E-state index contributed by atoms with van der Waals surface area (Å²) >= 11 is 0. The summed E-state index contributed by atoms with van der Waals surface area (Å²) < 4.78 is 16.5. The first-order valence-corrected chi connectivity index (χ1v) is 9.29. The van der Waals surface area contributed by atoms with Crippen LogP contribution in [0.3, 0.4) is 0 Å². The van der Waals surface area contributed by atoms with Crippen LogP contribution < -0.4 is 14.8 Å². The van der Waals surface area contributed by atoms with Gasteiger partial charge in [0, 0.05) is 24.9 Å². The van der Waals surface area contributed by atoms with Crippen LogP contribution in [0, 0.1) is 0 Å². The first kappa shape index (κ1) is 17.6. The van der Waals surface area contributed by atoms with E-state index in [2.05, 4.69) is 15.5 Å². The molecular formula is C19H24N4O4. The highest BCUT2D eigenvalue weighted by Gasteiger charge is 2.32. The van der Waals surface area contributed by atoms with Crippen molar-refractivity contribution >= 4 is 11.7 Å². The Morgan fingerprint density at radius 3 is 2.33 bits per heavy atom. The van der Waals surface area contributed by atoms with E-state index in [0.717, 1.165) is 31.6 Å². The van der Waals surface area contributed by atoms with Crippen LogP contribution in [0.15, 0.2) is 22.6 Å². The number of hydrogen-bond donors (Lipinski definition) is 1. The van der Waals surface area contributed by atoms with Crippen LogP contribution in [0.5, 0.6) is 11.5 Å². The zero-order valence-corrected chi connectivity index (χ0v) is 15.6. The Morgan fingerprint density at radius 1 is 1.07 bits per heavy atom. The summed E-state index contributed by atoms with van der Waals surface area (Å²) in [7, 11) is 3.12. The van der Waals surface area contributed by atoms with Crippen molar-refractivity contribution in [1.82, 2.24) is 15.1 Å². The minimum Gasteiger partial charge on any atom is -0.493 e. The minimum absolute atomic E-state index is 0.149. The predicted molar refractivity (Wildman–Crippen MR) is 98.4 cm³/mol. The molecule has 4 rings (SSSR count). The van der Waals surface area contributed by atoms with Crippen molar-refractivity contribution < 1.29 is 18.7 Å². The number of hydrogen-bond acceptors (Lipinski definition) is 6. The first-order valence-electron chi connectivity index (χ1n) is 9.29. The Hall–Kier alpha value is -2.77. The molecule has 1 aliphatic heterocycles. The largest absolute Gasteiger partial charge is 0.493 e. The van der Waals surface area contributed by atoms with Crippen LogP contribution in [-0.2, 0) is 0 Å². The molecule has 1 saturated heterocycles. The van der Waals surface area contributed by atoms with E-state index in [0.29, 0.717) is 42.1 Å². The Balaban J connectivity index is 1.36. The maximum Gasteiger partial charge on any atom is 0.321 e. The second-order valence-corrected chi connectivity index (χ2v) is 6.99. The summed E-state index contributed by atoms with van der Waals surface area (Å²) in [4.78, 5) is 14.4. The lowest BCUT2D eigenvalue weighted by atomic mass is 9.97. The number of rotatable bonds is 5. The predicted octanol–water partition coefficient (Wildman–Crippen LogP) is 3.38. The van der Waals surface area contributed by atoms with Gasteiger partial charge in [0.1, 0.15) is 0 Å². The van der Waals surface area contributed by atoms with E-state index in [1.165, 1.54) is 0 Å². The standard InChI is InChI=1S/C19H24N4O4/c1-25-15-5-3-4-14(16(15)26-2)20-19(24)23-10-8-13(9-11-23)18-22-21-17(27-18)12-6-7-12/h3-5,12-13H,6-11H2,1-2H3,(H,20,24). The van der Waals surface area contributed by atoms with Crippen LogP contribution in [0.25, 0.3) is 0 Å². The molecule has 2 heterocycles. The maximum atomic E-state index is 12.6. The van der Waals surface area contributed by atoms with Gasteiger partial charge in [-0.25, -0.2) is 4.79 Å². The van der Waals surface area contributed by atoms with Crippen molar-refractivity contribution in [3.8, 4) is 11.5 Å². The number of piperidine rings is 1. The smallest absolute Gasteiger partial charge is 0.321 e. The van der Waals surface area contributed by atoms with Gasteiger partial charge in [-0.2, -0.15) is 0 Å². The molecule has 8 heteroatoms. The van der Waals surface area contributed by atoms with Crippen LogP contribution in [0.1, 0.15) is 49.3 Å². The molecule has 1 aromatic heterocycles. The summed E-state index contributed by atoms with van der Waals surface area (Å²) in [6.07, 6.45) is 3.92. The molecule has 0 bridgehead atoms.